The Labute approximate surface area is 113 Å². The second kappa shape index (κ2) is 7.31. The molecule has 2 unspecified atom stereocenters. The molecule has 2 saturated carbocycles. The van der Waals surface area contributed by atoms with Crippen molar-refractivity contribution < 1.29 is 4.79 Å². The fraction of sp³-hybridized carbons (Fsp3) is 0.941. The van der Waals surface area contributed by atoms with E-state index >= 15 is 0 Å². The van der Waals surface area contributed by atoms with Gasteiger partial charge in [-0.05, 0) is 38.0 Å². The van der Waals surface area contributed by atoms with Crippen molar-refractivity contribution in [3.8, 4) is 0 Å². The minimum absolute atomic E-state index is 0.442. The van der Waals surface area contributed by atoms with Gasteiger partial charge in [0.05, 0.1) is 0 Å². The van der Waals surface area contributed by atoms with Crippen molar-refractivity contribution in [2.75, 3.05) is 0 Å². The summed E-state index contributed by atoms with van der Waals surface area (Å²) in [6, 6.07) is 0. The molecule has 2 aliphatic rings. The van der Waals surface area contributed by atoms with Crippen LogP contribution in [0.4, 0.5) is 0 Å². The van der Waals surface area contributed by atoms with Gasteiger partial charge in [0.2, 0.25) is 0 Å². The van der Waals surface area contributed by atoms with Crippen LogP contribution in [0.2, 0.25) is 0 Å². The Morgan fingerprint density at radius 2 is 1.67 bits per heavy atom. The standard InChI is InChI=1S/C17H30O/c1-2-3-4-5-6-11-15-12-13-16(17(15)18)14-9-7-8-10-14/h14-16H,2-13H2,1H3. The lowest BCUT2D eigenvalue weighted by atomic mass is 9.87. The molecule has 18 heavy (non-hydrogen) atoms. The summed E-state index contributed by atoms with van der Waals surface area (Å²) in [6.07, 6.45) is 15.7. The monoisotopic (exact) mass is 250 g/mol. The first-order valence-corrected chi connectivity index (χ1v) is 8.36. The Kier molecular flexibility index (Phi) is 5.72. The number of hydrogen-bond acceptors (Lipinski definition) is 1. The molecule has 0 spiro atoms. The quantitative estimate of drug-likeness (QED) is 0.572. The molecule has 0 aliphatic heterocycles. The van der Waals surface area contributed by atoms with Gasteiger partial charge in [-0.15, -0.1) is 0 Å². The average Bonchev–Trinajstić information content (AvgIpc) is 2.99. The van der Waals surface area contributed by atoms with Crippen LogP contribution >= 0.6 is 0 Å². The third kappa shape index (κ3) is 3.59. The van der Waals surface area contributed by atoms with Crippen molar-refractivity contribution in [3.05, 3.63) is 0 Å². The van der Waals surface area contributed by atoms with Gasteiger partial charge >= 0.3 is 0 Å². The molecule has 2 rings (SSSR count). The predicted octanol–water partition coefficient (Wildman–Crippen LogP) is 5.13. The van der Waals surface area contributed by atoms with E-state index in [0.29, 0.717) is 17.6 Å². The highest BCUT2D eigenvalue weighted by atomic mass is 16.1. The maximum Gasteiger partial charge on any atom is 0.139 e. The molecule has 2 aliphatic carbocycles. The van der Waals surface area contributed by atoms with Gasteiger partial charge in [0.1, 0.15) is 5.78 Å². The van der Waals surface area contributed by atoms with Crippen molar-refractivity contribution in [2.24, 2.45) is 17.8 Å². The minimum atomic E-state index is 0.442. The highest BCUT2D eigenvalue weighted by Crippen LogP contribution is 2.41. The lowest BCUT2D eigenvalue weighted by molar-refractivity contribution is -0.125. The maximum absolute atomic E-state index is 12.4. The number of unbranched alkanes of at least 4 members (excludes halogenated alkanes) is 4. The van der Waals surface area contributed by atoms with Gasteiger partial charge in [0.15, 0.2) is 0 Å². The van der Waals surface area contributed by atoms with Crippen LogP contribution in [-0.2, 0) is 4.79 Å². The van der Waals surface area contributed by atoms with Gasteiger partial charge in [0.25, 0.3) is 0 Å². The minimum Gasteiger partial charge on any atom is -0.299 e. The van der Waals surface area contributed by atoms with E-state index in [9.17, 15) is 4.79 Å². The first kappa shape index (κ1) is 14.1. The van der Waals surface area contributed by atoms with Crippen molar-refractivity contribution in [1.82, 2.24) is 0 Å². The summed E-state index contributed by atoms with van der Waals surface area (Å²) in [6.45, 7) is 2.26. The van der Waals surface area contributed by atoms with Gasteiger partial charge in [0, 0.05) is 11.8 Å². The molecule has 2 atom stereocenters. The maximum atomic E-state index is 12.4. The van der Waals surface area contributed by atoms with Gasteiger partial charge in [-0.3, -0.25) is 4.79 Å². The molecule has 2 fully saturated rings. The number of Topliss-reactive ketones (excluding diaryl/α,β-unsaturated/α-hetero) is 1. The first-order valence-electron chi connectivity index (χ1n) is 8.36. The van der Waals surface area contributed by atoms with Crippen LogP contribution in [0.1, 0.15) is 84.0 Å². The number of ketones is 1. The van der Waals surface area contributed by atoms with Crippen LogP contribution in [0.15, 0.2) is 0 Å². The summed E-state index contributed by atoms with van der Waals surface area (Å²) in [5, 5.41) is 0. The van der Waals surface area contributed by atoms with Gasteiger partial charge in [-0.1, -0.05) is 51.9 Å². The zero-order valence-electron chi connectivity index (χ0n) is 12.1. The van der Waals surface area contributed by atoms with E-state index in [-0.39, 0.29) is 0 Å². The molecule has 0 N–H and O–H groups in total. The van der Waals surface area contributed by atoms with Crippen LogP contribution in [0.25, 0.3) is 0 Å². The van der Waals surface area contributed by atoms with Gasteiger partial charge < -0.3 is 0 Å². The third-order valence-corrected chi connectivity index (χ3v) is 5.22. The van der Waals surface area contributed by atoms with E-state index in [1.807, 2.05) is 0 Å². The van der Waals surface area contributed by atoms with Crippen molar-refractivity contribution in [2.45, 2.75) is 84.0 Å². The molecule has 0 bridgehead atoms. The second-order valence-electron chi connectivity index (χ2n) is 6.53. The Hall–Kier alpha value is -0.330. The SMILES string of the molecule is CCCCCCCC1CCC(C2CCCC2)C1=O. The summed E-state index contributed by atoms with van der Waals surface area (Å²) in [5.41, 5.74) is 0. The Balaban J connectivity index is 1.67. The topological polar surface area (TPSA) is 17.1 Å². The van der Waals surface area contributed by atoms with E-state index in [1.165, 1.54) is 77.0 Å². The van der Waals surface area contributed by atoms with Crippen molar-refractivity contribution in [3.63, 3.8) is 0 Å². The molecule has 0 saturated heterocycles. The molecule has 0 amide bonds. The molecule has 0 aromatic rings. The van der Waals surface area contributed by atoms with Crippen molar-refractivity contribution >= 4 is 5.78 Å². The molecule has 1 heteroatoms. The molecule has 1 nitrogen and oxygen atoms in total. The molecule has 0 aromatic carbocycles. The number of hydrogen-bond donors (Lipinski definition) is 0. The molecule has 0 aromatic heterocycles. The summed E-state index contributed by atoms with van der Waals surface area (Å²) in [4.78, 5) is 12.4. The van der Waals surface area contributed by atoms with Crippen LogP contribution < -0.4 is 0 Å². The highest BCUT2D eigenvalue weighted by Gasteiger charge is 2.38. The molecular weight excluding hydrogens is 220 g/mol. The zero-order valence-corrected chi connectivity index (χ0v) is 12.1. The Morgan fingerprint density at radius 3 is 2.39 bits per heavy atom. The fourth-order valence-electron chi connectivity index (χ4n) is 4.08. The van der Waals surface area contributed by atoms with E-state index in [1.54, 1.807) is 0 Å². The number of carbonyl (C=O) groups is 1. The van der Waals surface area contributed by atoms with E-state index in [0.717, 1.165) is 5.92 Å². The lowest BCUT2D eigenvalue weighted by Gasteiger charge is -2.17. The summed E-state index contributed by atoms with van der Waals surface area (Å²) in [7, 11) is 0. The highest BCUT2D eigenvalue weighted by molar-refractivity contribution is 5.85. The van der Waals surface area contributed by atoms with Crippen LogP contribution in [0.3, 0.4) is 0 Å². The van der Waals surface area contributed by atoms with Gasteiger partial charge in [-0.2, -0.15) is 0 Å². The van der Waals surface area contributed by atoms with Crippen molar-refractivity contribution in [1.29, 1.82) is 0 Å². The molecular formula is C17H30O. The van der Waals surface area contributed by atoms with E-state index < -0.39 is 0 Å². The van der Waals surface area contributed by atoms with Gasteiger partial charge in [-0.25, -0.2) is 0 Å². The molecule has 0 radical (unpaired) electrons. The number of carbonyl (C=O) groups excluding carboxylic acids is 1. The average molecular weight is 250 g/mol. The Morgan fingerprint density at radius 1 is 0.944 bits per heavy atom. The second-order valence-corrected chi connectivity index (χ2v) is 6.53. The largest absolute Gasteiger partial charge is 0.299 e. The smallest absolute Gasteiger partial charge is 0.139 e. The number of rotatable bonds is 7. The fourth-order valence-corrected chi connectivity index (χ4v) is 4.08. The summed E-state index contributed by atoms with van der Waals surface area (Å²) < 4.78 is 0. The van der Waals surface area contributed by atoms with Crippen LogP contribution in [0, 0.1) is 17.8 Å². The lowest BCUT2D eigenvalue weighted by Crippen LogP contribution is -2.20. The van der Waals surface area contributed by atoms with E-state index in [2.05, 4.69) is 6.92 Å². The third-order valence-electron chi connectivity index (χ3n) is 5.22. The molecule has 0 heterocycles. The van der Waals surface area contributed by atoms with Crippen LogP contribution in [0.5, 0.6) is 0 Å². The normalized spacial score (nSPS) is 29.3. The molecule has 104 valence electrons. The summed E-state index contributed by atoms with van der Waals surface area (Å²) >= 11 is 0. The Bertz CT molecular complexity index is 252. The zero-order chi connectivity index (χ0) is 12.8. The summed E-state index contributed by atoms with van der Waals surface area (Å²) in [5.74, 6) is 2.32. The predicted molar refractivity (Wildman–Crippen MR) is 76.6 cm³/mol. The van der Waals surface area contributed by atoms with E-state index in [4.69, 9.17) is 0 Å². The van der Waals surface area contributed by atoms with Crippen LogP contribution in [-0.4, -0.2) is 5.78 Å². The first-order chi connectivity index (χ1) is 8.83.